The number of rotatable bonds is 2. The van der Waals surface area contributed by atoms with Crippen molar-refractivity contribution in [1.29, 1.82) is 0 Å². The summed E-state index contributed by atoms with van der Waals surface area (Å²) in [5.74, 6) is -3.24. The van der Waals surface area contributed by atoms with Crippen molar-refractivity contribution in [3.8, 4) is 11.4 Å². The summed E-state index contributed by atoms with van der Waals surface area (Å²) < 4.78 is 44.2. The number of nitrogen functional groups attached to an aromatic ring is 1. The molecule has 0 amide bonds. The zero-order chi connectivity index (χ0) is 14.5. The third-order valence-corrected chi connectivity index (χ3v) is 3.52. The van der Waals surface area contributed by atoms with Gasteiger partial charge in [-0.15, -0.1) is 0 Å². The maximum atomic E-state index is 13.6. The molecule has 1 aromatic heterocycles. The summed E-state index contributed by atoms with van der Waals surface area (Å²) in [7, 11) is 0. The Balaban J connectivity index is 1.87. The molecule has 0 radical (unpaired) electrons. The lowest BCUT2D eigenvalue weighted by Crippen LogP contribution is -2.33. The van der Waals surface area contributed by atoms with E-state index >= 15 is 0 Å². The second-order valence-electron chi connectivity index (χ2n) is 5.09. The lowest BCUT2D eigenvalue weighted by molar-refractivity contribution is -0.0925. The van der Waals surface area contributed by atoms with Crippen LogP contribution in [0.2, 0.25) is 0 Å². The Hall–Kier alpha value is -2.05. The van der Waals surface area contributed by atoms with Crippen LogP contribution in [0.5, 0.6) is 0 Å². The van der Waals surface area contributed by atoms with Gasteiger partial charge in [-0.2, -0.15) is 4.98 Å². The van der Waals surface area contributed by atoms with Crippen LogP contribution in [0.3, 0.4) is 0 Å². The van der Waals surface area contributed by atoms with E-state index in [1.807, 2.05) is 0 Å². The molecule has 1 aliphatic rings. The number of alkyl halides is 2. The highest BCUT2D eigenvalue weighted by atomic mass is 19.3. The highest BCUT2D eigenvalue weighted by molar-refractivity contribution is 5.63. The zero-order valence-electron chi connectivity index (χ0n) is 10.7. The van der Waals surface area contributed by atoms with E-state index in [1.54, 1.807) is 6.92 Å². The minimum Gasteiger partial charge on any atom is -0.398 e. The maximum absolute atomic E-state index is 13.6. The van der Waals surface area contributed by atoms with Gasteiger partial charge in [-0.3, -0.25) is 0 Å². The van der Waals surface area contributed by atoms with E-state index in [4.69, 9.17) is 10.3 Å². The fourth-order valence-electron chi connectivity index (χ4n) is 2.18. The Morgan fingerprint density at radius 1 is 1.35 bits per heavy atom. The molecule has 1 fully saturated rings. The standard InChI is InChI=1S/C13H12F3N3O/c1-6-9(14)2-7(3-10(6)17)11-18-12(20-19-11)8-4-13(15,16)5-8/h2-3,8H,4-5,17H2,1H3. The molecule has 0 saturated heterocycles. The Morgan fingerprint density at radius 3 is 2.65 bits per heavy atom. The van der Waals surface area contributed by atoms with Crippen LogP contribution in [0.15, 0.2) is 16.7 Å². The molecule has 2 N–H and O–H groups in total. The quantitative estimate of drug-likeness (QED) is 0.859. The smallest absolute Gasteiger partial charge is 0.249 e. The summed E-state index contributed by atoms with van der Waals surface area (Å²) in [6.07, 6.45) is -0.585. The summed E-state index contributed by atoms with van der Waals surface area (Å²) in [5.41, 5.74) is 6.66. The van der Waals surface area contributed by atoms with Crippen molar-refractivity contribution in [2.75, 3.05) is 5.73 Å². The van der Waals surface area contributed by atoms with E-state index in [-0.39, 0.29) is 30.2 Å². The van der Waals surface area contributed by atoms with Gasteiger partial charge in [0, 0.05) is 35.6 Å². The predicted octanol–water partition coefficient (Wildman–Crippen LogP) is 3.28. The Kier molecular flexibility index (Phi) is 2.74. The number of benzene rings is 1. The van der Waals surface area contributed by atoms with Gasteiger partial charge in [0.05, 0.1) is 0 Å². The Labute approximate surface area is 112 Å². The molecular weight excluding hydrogens is 271 g/mol. The molecule has 20 heavy (non-hydrogen) atoms. The van der Waals surface area contributed by atoms with Crippen molar-refractivity contribution >= 4 is 5.69 Å². The molecule has 7 heteroatoms. The first kappa shape index (κ1) is 13.0. The third-order valence-electron chi connectivity index (χ3n) is 3.52. The first-order valence-electron chi connectivity index (χ1n) is 6.13. The van der Waals surface area contributed by atoms with Gasteiger partial charge in [0.15, 0.2) is 0 Å². The molecule has 106 valence electrons. The first-order valence-corrected chi connectivity index (χ1v) is 6.13. The summed E-state index contributed by atoms with van der Waals surface area (Å²) in [6, 6.07) is 2.78. The molecular formula is C13H12F3N3O. The number of halogens is 3. The molecule has 3 rings (SSSR count). The number of nitrogens with zero attached hydrogens (tertiary/aromatic N) is 2. The number of hydrogen-bond acceptors (Lipinski definition) is 4. The van der Waals surface area contributed by atoms with Crippen molar-refractivity contribution in [1.82, 2.24) is 10.1 Å². The summed E-state index contributed by atoms with van der Waals surface area (Å²) >= 11 is 0. The molecule has 1 heterocycles. The van der Waals surface area contributed by atoms with Crippen LogP contribution in [0.25, 0.3) is 11.4 Å². The fraction of sp³-hybridized carbons (Fsp3) is 0.385. The highest BCUT2D eigenvalue weighted by Crippen LogP contribution is 2.47. The van der Waals surface area contributed by atoms with Crippen LogP contribution in [-0.2, 0) is 0 Å². The first-order chi connectivity index (χ1) is 9.35. The molecule has 0 bridgehead atoms. The summed E-state index contributed by atoms with van der Waals surface area (Å²) in [6.45, 7) is 1.56. The lowest BCUT2D eigenvalue weighted by Gasteiger charge is -2.31. The normalized spacial score (nSPS) is 18.0. The second kappa shape index (κ2) is 4.22. The predicted molar refractivity (Wildman–Crippen MR) is 65.8 cm³/mol. The number of aromatic nitrogens is 2. The number of anilines is 1. The maximum Gasteiger partial charge on any atom is 0.249 e. The third kappa shape index (κ3) is 2.13. The van der Waals surface area contributed by atoms with Gasteiger partial charge < -0.3 is 10.3 Å². The van der Waals surface area contributed by atoms with Crippen LogP contribution < -0.4 is 5.73 Å². The van der Waals surface area contributed by atoms with Crippen molar-refractivity contribution in [3.05, 3.63) is 29.4 Å². The van der Waals surface area contributed by atoms with E-state index < -0.39 is 17.7 Å². The van der Waals surface area contributed by atoms with Crippen LogP contribution in [0, 0.1) is 12.7 Å². The van der Waals surface area contributed by atoms with Crippen molar-refractivity contribution in [3.63, 3.8) is 0 Å². The lowest BCUT2D eigenvalue weighted by atomic mass is 9.81. The molecule has 4 nitrogen and oxygen atoms in total. The van der Waals surface area contributed by atoms with Crippen LogP contribution in [0.1, 0.15) is 30.2 Å². The molecule has 1 aliphatic carbocycles. The van der Waals surface area contributed by atoms with E-state index in [9.17, 15) is 13.2 Å². The second-order valence-corrected chi connectivity index (χ2v) is 5.09. The summed E-state index contributed by atoms with van der Waals surface area (Å²) in [5, 5.41) is 3.70. The van der Waals surface area contributed by atoms with E-state index in [0.29, 0.717) is 11.1 Å². The minimum absolute atomic E-state index is 0.154. The Morgan fingerprint density at radius 2 is 2.05 bits per heavy atom. The average molecular weight is 283 g/mol. The topological polar surface area (TPSA) is 64.9 Å². The van der Waals surface area contributed by atoms with Gasteiger partial charge in [0.2, 0.25) is 17.6 Å². The van der Waals surface area contributed by atoms with Gasteiger partial charge >= 0.3 is 0 Å². The fourth-order valence-corrected chi connectivity index (χ4v) is 2.18. The van der Waals surface area contributed by atoms with Crippen LogP contribution in [-0.4, -0.2) is 16.1 Å². The van der Waals surface area contributed by atoms with Crippen molar-refractivity contribution in [2.24, 2.45) is 0 Å². The average Bonchev–Trinajstić information content (AvgIpc) is 2.81. The van der Waals surface area contributed by atoms with Gasteiger partial charge in [-0.05, 0) is 19.1 Å². The van der Waals surface area contributed by atoms with Gasteiger partial charge in [0.1, 0.15) is 5.82 Å². The molecule has 0 aliphatic heterocycles. The van der Waals surface area contributed by atoms with E-state index in [2.05, 4.69) is 10.1 Å². The summed E-state index contributed by atoms with van der Waals surface area (Å²) in [4.78, 5) is 4.05. The van der Waals surface area contributed by atoms with E-state index in [1.165, 1.54) is 12.1 Å². The van der Waals surface area contributed by atoms with Crippen LogP contribution in [0.4, 0.5) is 18.9 Å². The number of nitrogens with two attached hydrogens (primary N) is 1. The van der Waals surface area contributed by atoms with Gasteiger partial charge in [-0.1, -0.05) is 5.16 Å². The van der Waals surface area contributed by atoms with Gasteiger partial charge in [-0.25, -0.2) is 13.2 Å². The molecule has 2 aromatic rings. The highest BCUT2D eigenvalue weighted by Gasteiger charge is 2.48. The molecule has 1 saturated carbocycles. The Bertz CT molecular complexity index is 638. The molecule has 0 spiro atoms. The molecule has 0 atom stereocenters. The van der Waals surface area contributed by atoms with Crippen molar-refractivity contribution in [2.45, 2.75) is 31.6 Å². The molecule has 0 unspecified atom stereocenters. The largest absolute Gasteiger partial charge is 0.398 e. The van der Waals surface area contributed by atoms with Crippen LogP contribution >= 0.6 is 0 Å². The zero-order valence-corrected chi connectivity index (χ0v) is 10.7. The molecule has 1 aromatic carbocycles. The van der Waals surface area contributed by atoms with Gasteiger partial charge in [0.25, 0.3) is 0 Å². The SMILES string of the molecule is Cc1c(N)cc(-c2noc(C3CC(F)(F)C3)n2)cc1F. The van der Waals surface area contributed by atoms with Crippen molar-refractivity contribution < 1.29 is 17.7 Å². The minimum atomic E-state index is -2.65. The number of hydrogen-bond donors (Lipinski definition) is 1. The van der Waals surface area contributed by atoms with E-state index in [0.717, 1.165) is 0 Å². The monoisotopic (exact) mass is 283 g/mol.